The van der Waals surface area contributed by atoms with Gasteiger partial charge >= 0.3 is 0 Å². The molecule has 0 N–H and O–H groups in total. The lowest BCUT2D eigenvalue weighted by atomic mass is 9.84. The van der Waals surface area contributed by atoms with Gasteiger partial charge < -0.3 is 9.32 Å². The van der Waals surface area contributed by atoms with Crippen molar-refractivity contribution in [3.63, 3.8) is 0 Å². The highest BCUT2D eigenvalue weighted by Gasteiger charge is 2.39. The van der Waals surface area contributed by atoms with Gasteiger partial charge in [0.2, 0.25) is 0 Å². The number of allylic oxidation sites excluding steroid dienone is 1. The first-order valence-electron chi connectivity index (χ1n) is 14.1. The van der Waals surface area contributed by atoms with Gasteiger partial charge in [0, 0.05) is 30.1 Å². The van der Waals surface area contributed by atoms with Gasteiger partial charge in [-0.2, -0.15) is 5.10 Å². The van der Waals surface area contributed by atoms with Crippen LogP contribution in [0.3, 0.4) is 0 Å². The predicted octanol–water partition coefficient (Wildman–Crippen LogP) is 8.16. The van der Waals surface area contributed by atoms with Gasteiger partial charge in [-0.1, -0.05) is 60.7 Å². The smallest absolute Gasteiger partial charge is 0.150 e. The summed E-state index contributed by atoms with van der Waals surface area (Å²) >= 11 is 0. The molecule has 0 aliphatic carbocycles. The molecule has 0 spiro atoms. The third kappa shape index (κ3) is 5.28. The van der Waals surface area contributed by atoms with E-state index in [4.69, 9.17) is 14.5 Å². The highest BCUT2D eigenvalue weighted by atomic mass is 16.3. The predicted molar refractivity (Wildman–Crippen MR) is 166 cm³/mol. The number of hydrazone groups is 1. The van der Waals surface area contributed by atoms with Gasteiger partial charge in [0.15, 0.2) is 0 Å². The Labute approximate surface area is 236 Å². The first-order chi connectivity index (χ1) is 19.7. The van der Waals surface area contributed by atoms with Crippen LogP contribution in [0.1, 0.15) is 36.8 Å². The molecule has 0 amide bonds. The van der Waals surface area contributed by atoms with Crippen LogP contribution in [0.2, 0.25) is 0 Å². The molecule has 0 saturated heterocycles. The number of hydrogen-bond donors (Lipinski definition) is 0. The molecule has 0 bridgehead atoms. The maximum Gasteiger partial charge on any atom is 0.150 e. The van der Waals surface area contributed by atoms with Gasteiger partial charge in [-0.25, -0.2) is 9.99 Å². The summed E-state index contributed by atoms with van der Waals surface area (Å²) in [6.45, 7) is 6.35. The number of pyridine rings is 1. The summed E-state index contributed by atoms with van der Waals surface area (Å²) in [4.78, 5) is 7.43. The summed E-state index contributed by atoms with van der Waals surface area (Å²) in [6, 6.07) is 36.0. The van der Waals surface area contributed by atoms with Crippen LogP contribution in [0, 0.1) is 5.92 Å². The van der Waals surface area contributed by atoms with Crippen LogP contribution < -0.4 is 9.91 Å². The molecule has 2 atom stereocenters. The van der Waals surface area contributed by atoms with Crippen LogP contribution >= 0.6 is 0 Å². The van der Waals surface area contributed by atoms with E-state index in [0.717, 1.165) is 47.7 Å². The molecule has 6 rings (SSSR count). The molecule has 1 aliphatic rings. The monoisotopic (exact) mass is 526 g/mol. The molecule has 0 fully saturated rings. The Morgan fingerprint density at radius 1 is 0.800 bits per heavy atom. The molecule has 2 aromatic heterocycles. The molecule has 0 radical (unpaired) electrons. The molecular formula is C35H34N4O. The zero-order valence-corrected chi connectivity index (χ0v) is 23.0. The van der Waals surface area contributed by atoms with Crippen LogP contribution in [0.5, 0.6) is 0 Å². The third-order valence-electron chi connectivity index (χ3n) is 7.69. The Morgan fingerprint density at radius 2 is 1.57 bits per heavy atom. The fraction of sp³-hybridized carbons (Fsp3) is 0.200. The van der Waals surface area contributed by atoms with E-state index in [1.54, 1.807) is 6.26 Å². The van der Waals surface area contributed by atoms with Crippen molar-refractivity contribution in [1.82, 2.24) is 4.98 Å². The highest BCUT2D eigenvalue weighted by molar-refractivity contribution is 6.03. The number of benzene rings is 3. The molecule has 1 aliphatic heterocycles. The molecule has 5 nitrogen and oxygen atoms in total. The number of furan rings is 1. The van der Waals surface area contributed by atoms with E-state index >= 15 is 0 Å². The molecule has 200 valence electrons. The summed E-state index contributed by atoms with van der Waals surface area (Å²) in [6.07, 6.45) is 6.66. The van der Waals surface area contributed by atoms with Gasteiger partial charge in [-0.3, -0.25) is 0 Å². The summed E-state index contributed by atoms with van der Waals surface area (Å²) < 4.78 is 5.60. The number of aromatic nitrogens is 1. The minimum atomic E-state index is -0.0177. The van der Waals surface area contributed by atoms with Crippen LogP contribution in [-0.4, -0.2) is 23.8 Å². The molecule has 2 unspecified atom stereocenters. The maximum atomic E-state index is 5.60. The number of fused-ring (bicyclic) bond motifs is 1. The quantitative estimate of drug-likeness (QED) is 0.194. The number of para-hydroxylation sites is 1. The zero-order chi connectivity index (χ0) is 27.3. The molecular weight excluding hydrogens is 492 g/mol. The molecule has 3 aromatic carbocycles. The van der Waals surface area contributed by atoms with E-state index in [9.17, 15) is 0 Å². The molecule has 40 heavy (non-hydrogen) atoms. The van der Waals surface area contributed by atoms with E-state index in [1.165, 1.54) is 16.8 Å². The van der Waals surface area contributed by atoms with Crippen molar-refractivity contribution in [2.24, 2.45) is 11.0 Å². The van der Waals surface area contributed by atoms with Crippen molar-refractivity contribution < 1.29 is 4.42 Å². The first-order valence-corrected chi connectivity index (χ1v) is 14.1. The lowest BCUT2D eigenvalue weighted by molar-refractivity contribution is 0.545. The number of hydrogen-bond acceptors (Lipinski definition) is 5. The van der Waals surface area contributed by atoms with Crippen molar-refractivity contribution in [2.45, 2.75) is 26.3 Å². The van der Waals surface area contributed by atoms with Crippen molar-refractivity contribution in [3.05, 3.63) is 132 Å². The second-order valence-electron chi connectivity index (χ2n) is 10.1. The largest absolute Gasteiger partial charge is 0.465 e. The maximum absolute atomic E-state index is 5.60. The number of rotatable bonds is 9. The molecule has 0 saturated carbocycles. The molecule has 5 aromatic rings. The topological polar surface area (TPSA) is 44.9 Å². The minimum absolute atomic E-state index is 0.0177. The van der Waals surface area contributed by atoms with Crippen LogP contribution in [-0.2, 0) is 6.42 Å². The van der Waals surface area contributed by atoms with E-state index in [2.05, 4.69) is 109 Å². The normalized spacial score (nSPS) is 17.1. The van der Waals surface area contributed by atoms with E-state index in [0.29, 0.717) is 0 Å². The zero-order valence-electron chi connectivity index (χ0n) is 23.0. The SMILES string of the molecule is CCN(CC)c1ccc(C2C(Cc3ccccc3)C(C=Cc3ccco3)=NN2c2ccc3ccccc3n2)cc1. The van der Waals surface area contributed by atoms with Gasteiger partial charge in [0.05, 0.1) is 23.5 Å². The average molecular weight is 527 g/mol. The summed E-state index contributed by atoms with van der Waals surface area (Å²) in [5.41, 5.74) is 5.71. The fourth-order valence-electron chi connectivity index (χ4n) is 5.61. The lowest BCUT2D eigenvalue weighted by Crippen LogP contribution is -2.27. The van der Waals surface area contributed by atoms with E-state index in [1.807, 2.05) is 30.3 Å². The third-order valence-corrected chi connectivity index (χ3v) is 7.69. The minimum Gasteiger partial charge on any atom is -0.465 e. The molecule has 5 heteroatoms. The van der Waals surface area contributed by atoms with Gasteiger partial charge in [0.1, 0.15) is 11.6 Å². The highest BCUT2D eigenvalue weighted by Crippen LogP contribution is 2.41. The standard InChI is InChI=1S/C35H34N4O/c1-3-38(4-2)29-19-16-28(17-20-29)35-31(25-26-11-6-5-7-12-26)33(22-21-30-14-10-24-40-30)37-39(35)34-23-18-27-13-8-9-15-32(27)36-34/h5-24,31,35H,3-4,25H2,1-2H3. The van der Waals surface area contributed by atoms with Gasteiger partial charge in [0.25, 0.3) is 0 Å². The van der Waals surface area contributed by atoms with Gasteiger partial charge in [-0.05, 0) is 86.0 Å². The Kier molecular flexibility index (Phi) is 7.45. The van der Waals surface area contributed by atoms with Crippen LogP contribution in [0.15, 0.2) is 125 Å². The van der Waals surface area contributed by atoms with Crippen molar-refractivity contribution >= 4 is 34.2 Å². The number of nitrogens with zero attached hydrogens (tertiary/aromatic N) is 4. The molecule has 3 heterocycles. The Bertz CT molecular complexity index is 1600. The second-order valence-corrected chi connectivity index (χ2v) is 10.1. The fourth-order valence-corrected chi connectivity index (χ4v) is 5.61. The van der Waals surface area contributed by atoms with Crippen LogP contribution in [0.4, 0.5) is 11.5 Å². The van der Waals surface area contributed by atoms with Gasteiger partial charge in [-0.15, -0.1) is 0 Å². The average Bonchev–Trinajstić information content (AvgIpc) is 3.66. The Hall–Kier alpha value is -4.64. The second kappa shape index (κ2) is 11.6. The van der Waals surface area contributed by atoms with Crippen molar-refractivity contribution in [3.8, 4) is 0 Å². The lowest BCUT2D eigenvalue weighted by Gasteiger charge is -2.29. The summed E-state index contributed by atoms with van der Waals surface area (Å²) in [5, 5.41) is 8.48. The van der Waals surface area contributed by atoms with Crippen molar-refractivity contribution in [2.75, 3.05) is 23.0 Å². The van der Waals surface area contributed by atoms with E-state index in [-0.39, 0.29) is 12.0 Å². The van der Waals surface area contributed by atoms with E-state index < -0.39 is 0 Å². The number of anilines is 2. The van der Waals surface area contributed by atoms with Crippen molar-refractivity contribution in [1.29, 1.82) is 0 Å². The first kappa shape index (κ1) is 25.6. The van der Waals surface area contributed by atoms with Crippen LogP contribution in [0.25, 0.3) is 17.0 Å². The summed E-state index contributed by atoms with van der Waals surface area (Å²) in [5.74, 6) is 1.76. The Morgan fingerprint density at radius 3 is 2.33 bits per heavy atom. The summed E-state index contributed by atoms with van der Waals surface area (Å²) in [7, 11) is 0. The Balaban J connectivity index is 1.46.